The van der Waals surface area contributed by atoms with Crippen molar-refractivity contribution in [2.75, 3.05) is 6.54 Å². The van der Waals surface area contributed by atoms with Crippen molar-refractivity contribution >= 4 is 5.97 Å². The van der Waals surface area contributed by atoms with Crippen LogP contribution in [0.2, 0.25) is 0 Å². The molecule has 10 heavy (non-hydrogen) atoms. The molecule has 0 aliphatic carbocycles. The maximum Gasteiger partial charge on any atom is 1.00 e. The summed E-state index contributed by atoms with van der Waals surface area (Å²) in [6.45, 7) is 0.646. The number of carboxylic acid groups (broad SMARTS) is 1. The summed E-state index contributed by atoms with van der Waals surface area (Å²) < 4.78 is 0. The number of rotatable bonds is 5. The molecule has 0 bridgehead atoms. The number of unbranched alkanes of at least 4 members (excludes halogenated alkanes) is 2. The van der Waals surface area contributed by atoms with Gasteiger partial charge in [-0.3, -0.25) is 0 Å². The van der Waals surface area contributed by atoms with Crippen molar-refractivity contribution in [1.29, 1.82) is 0 Å². The molecular weight excluding hydrogens is 251 g/mol. The number of nitrogens with two attached hydrogens (primary N) is 1. The minimum absolute atomic E-state index is 0. The zero-order valence-electron chi connectivity index (χ0n) is 6.43. The fourth-order valence-electron chi connectivity index (χ4n) is 0.590. The van der Waals surface area contributed by atoms with Crippen LogP contribution in [0.5, 0.6) is 0 Å². The van der Waals surface area contributed by atoms with Gasteiger partial charge in [-0.15, -0.1) is 0 Å². The first-order chi connectivity index (χ1) is 4.27. The number of carboxylic acids is 1. The summed E-state index contributed by atoms with van der Waals surface area (Å²) in [4.78, 5) is 9.82. The third-order valence-corrected chi connectivity index (χ3v) is 1.09. The normalized spacial score (nSPS) is 8.50. The fourth-order valence-corrected chi connectivity index (χ4v) is 0.590. The second-order valence-electron chi connectivity index (χ2n) is 1.97. The molecule has 0 aliphatic rings. The summed E-state index contributed by atoms with van der Waals surface area (Å²) in [6.07, 6.45) is 2.66. The van der Waals surface area contributed by atoms with Crippen molar-refractivity contribution in [1.82, 2.24) is 0 Å². The van der Waals surface area contributed by atoms with Gasteiger partial charge in [0.2, 0.25) is 0 Å². The molecule has 0 fully saturated rings. The molecule has 0 aromatic rings. The predicted octanol–water partition coefficient (Wildman–Crippen LogP) is -3.74. The van der Waals surface area contributed by atoms with E-state index in [0.29, 0.717) is 13.0 Å². The quantitative estimate of drug-likeness (QED) is 0.518. The Hall–Kier alpha value is 1.48. The van der Waals surface area contributed by atoms with E-state index in [9.17, 15) is 9.90 Å². The summed E-state index contributed by atoms with van der Waals surface area (Å²) in [5.41, 5.74) is 5.18. The van der Waals surface area contributed by atoms with Crippen LogP contribution in [0.3, 0.4) is 0 Å². The largest absolute Gasteiger partial charge is 1.00 e. The maximum atomic E-state index is 9.82. The molecule has 0 saturated carbocycles. The second kappa shape index (κ2) is 10.5. The van der Waals surface area contributed by atoms with E-state index >= 15 is 0 Å². The van der Waals surface area contributed by atoms with E-state index in [-0.39, 0.29) is 75.3 Å². The maximum absolute atomic E-state index is 9.82. The first-order valence-electron chi connectivity index (χ1n) is 3.17. The van der Waals surface area contributed by atoms with E-state index in [0.717, 1.165) is 12.8 Å². The molecule has 0 spiro atoms. The van der Waals surface area contributed by atoms with Crippen LogP contribution >= 0.6 is 0 Å². The number of hydrogen-bond donors (Lipinski definition) is 1. The molecule has 2 N–H and O–H groups in total. The third-order valence-electron chi connectivity index (χ3n) is 1.09. The van der Waals surface area contributed by atoms with Gasteiger partial charge in [0.15, 0.2) is 0 Å². The van der Waals surface area contributed by atoms with Gasteiger partial charge < -0.3 is 15.6 Å². The Morgan fingerprint density at radius 3 is 2.30 bits per heavy atom. The van der Waals surface area contributed by atoms with Gasteiger partial charge in [0.25, 0.3) is 0 Å². The average Bonchev–Trinajstić information content (AvgIpc) is 1.80. The molecule has 4 heteroatoms. The van der Waals surface area contributed by atoms with Gasteiger partial charge in [-0.2, -0.15) is 0 Å². The minimum Gasteiger partial charge on any atom is -0.550 e. The molecule has 0 radical (unpaired) electrons. The molecule has 0 heterocycles. The van der Waals surface area contributed by atoms with Crippen LogP contribution in [0.25, 0.3) is 0 Å². The van der Waals surface area contributed by atoms with Gasteiger partial charge in [-0.1, -0.05) is 6.42 Å². The molecule has 0 atom stereocenters. The molecular formula is C6H12CsNO2. The van der Waals surface area contributed by atoms with E-state index in [1.807, 2.05) is 0 Å². The third kappa shape index (κ3) is 12.2. The van der Waals surface area contributed by atoms with Gasteiger partial charge in [0, 0.05) is 5.97 Å². The first kappa shape index (κ1) is 14.0. The molecule has 0 saturated heterocycles. The van der Waals surface area contributed by atoms with Gasteiger partial charge in [0.1, 0.15) is 0 Å². The Kier molecular flexibility index (Phi) is 14.7. The van der Waals surface area contributed by atoms with E-state index in [2.05, 4.69) is 0 Å². The van der Waals surface area contributed by atoms with Crippen molar-refractivity contribution in [3.8, 4) is 0 Å². The first-order valence-corrected chi connectivity index (χ1v) is 3.17. The smallest absolute Gasteiger partial charge is 0.550 e. The van der Waals surface area contributed by atoms with Gasteiger partial charge in [-0.25, -0.2) is 0 Å². The number of aliphatic carboxylic acids is 1. The van der Waals surface area contributed by atoms with E-state index in [4.69, 9.17) is 5.73 Å². The number of carbonyl (C=O) groups excluding carboxylic acids is 1. The van der Waals surface area contributed by atoms with Crippen LogP contribution in [0.1, 0.15) is 25.7 Å². The molecule has 0 aliphatic heterocycles. The topological polar surface area (TPSA) is 66.2 Å². The molecule has 0 rings (SSSR count). The van der Waals surface area contributed by atoms with E-state index in [1.54, 1.807) is 0 Å². The zero-order chi connectivity index (χ0) is 7.11. The zero-order valence-corrected chi connectivity index (χ0v) is 12.7. The molecule has 54 valence electrons. The Morgan fingerprint density at radius 2 is 1.90 bits per heavy atom. The Morgan fingerprint density at radius 1 is 1.30 bits per heavy atom. The summed E-state index contributed by atoms with van der Waals surface area (Å²) >= 11 is 0. The summed E-state index contributed by atoms with van der Waals surface area (Å²) in [5.74, 6) is -0.966. The molecule has 0 amide bonds. The van der Waals surface area contributed by atoms with Crippen molar-refractivity contribution < 1.29 is 78.8 Å². The van der Waals surface area contributed by atoms with E-state index in [1.165, 1.54) is 0 Å². The van der Waals surface area contributed by atoms with Crippen LogP contribution in [-0.4, -0.2) is 12.5 Å². The predicted molar refractivity (Wildman–Crippen MR) is 32.5 cm³/mol. The Balaban J connectivity index is 0. The van der Waals surface area contributed by atoms with Crippen LogP contribution < -0.4 is 79.7 Å². The van der Waals surface area contributed by atoms with Crippen molar-refractivity contribution in [3.05, 3.63) is 0 Å². The van der Waals surface area contributed by atoms with Crippen LogP contribution in [-0.2, 0) is 4.79 Å². The molecule has 0 unspecified atom stereocenters. The summed E-state index contributed by atoms with van der Waals surface area (Å²) in [6, 6.07) is 0. The monoisotopic (exact) mass is 263 g/mol. The standard InChI is InChI=1S/C6H13NO2.Cs/c7-5-3-1-2-4-6(8)9;/h1-5,7H2,(H,8,9);/q;+1/p-1. The SMILES string of the molecule is NCCCCCC(=O)[O-].[Cs+]. The van der Waals surface area contributed by atoms with Gasteiger partial charge in [0.05, 0.1) is 0 Å². The Bertz CT molecular complexity index is 87.8. The van der Waals surface area contributed by atoms with Crippen molar-refractivity contribution in [2.45, 2.75) is 25.7 Å². The Labute approximate surface area is 120 Å². The fraction of sp³-hybridized carbons (Fsp3) is 0.833. The molecule has 0 aromatic heterocycles. The van der Waals surface area contributed by atoms with Gasteiger partial charge in [-0.05, 0) is 25.8 Å². The van der Waals surface area contributed by atoms with Crippen LogP contribution in [0, 0.1) is 0 Å². The van der Waals surface area contributed by atoms with Crippen molar-refractivity contribution in [2.24, 2.45) is 5.73 Å². The summed E-state index contributed by atoms with van der Waals surface area (Å²) in [7, 11) is 0. The number of carbonyl (C=O) groups is 1. The average molecular weight is 263 g/mol. The molecule has 0 aromatic carbocycles. The molecule has 3 nitrogen and oxygen atoms in total. The van der Waals surface area contributed by atoms with Crippen LogP contribution in [0.4, 0.5) is 0 Å². The summed E-state index contributed by atoms with van der Waals surface area (Å²) in [5, 5.41) is 9.82. The minimum atomic E-state index is -0.966. The van der Waals surface area contributed by atoms with Gasteiger partial charge >= 0.3 is 68.9 Å². The van der Waals surface area contributed by atoms with Crippen molar-refractivity contribution in [3.63, 3.8) is 0 Å². The van der Waals surface area contributed by atoms with Crippen LogP contribution in [0.15, 0.2) is 0 Å². The second-order valence-corrected chi connectivity index (χ2v) is 1.97. The van der Waals surface area contributed by atoms with E-state index < -0.39 is 5.97 Å². The number of hydrogen-bond acceptors (Lipinski definition) is 3.